The number of nitrogens with one attached hydrogen (secondary N) is 1. The maximum Gasteiger partial charge on any atom is 0.263 e. The number of benzene rings is 1. The highest BCUT2D eigenvalue weighted by molar-refractivity contribution is 6.31. The van der Waals surface area contributed by atoms with E-state index < -0.39 is 5.60 Å². The molecule has 1 aliphatic carbocycles. The lowest BCUT2D eigenvalue weighted by molar-refractivity contribution is -0.135. The summed E-state index contributed by atoms with van der Waals surface area (Å²) in [5.74, 6) is 1.35. The Balaban J connectivity index is 2.09. The van der Waals surface area contributed by atoms with Gasteiger partial charge in [-0.2, -0.15) is 0 Å². The van der Waals surface area contributed by atoms with E-state index in [0.717, 1.165) is 17.6 Å². The highest BCUT2D eigenvalue weighted by atomic mass is 35.5. The van der Waals surface area contributed by atoms with Crippen LogP contribution in [0.25, 0.3) is 0 Å². The Bertz CT molecular complexity index is 846. The quantitative estimate of drug-likeness (QED) is 0.349. The molecule has 0 radical (unpaired) electrons. The third-order valence-electron chi connectivity index (χ3n) is 6.19. The lowest BCUT2D eigenvalue weighted by Gasteiger charge is -2.33. The molecule has 1 N–H and O–H groups in total. The van der Waals surface area contributed by atoms with Crippen molar-refractivity contribution >= 4 is 29.1 Å². The van der Waals surface area contributed by atoms with Crippen LogP contribution >= 0.6 is 23.2 Å². The fourth-order valence-corrected chi connectivity index (χ4v) is 4.73. The molecule has 0 aliphatic heterocycles. The monoisotopic (exact) mass is 477 g/mol. The van der Waals surface area contributed by atoms with Gasteiger partial charge in [-0.1, -0.05) is 73.2 Å². The molecule has 1 aliphatic rings. The van der Waals surface area contributed by atoms with Crippen molar-refractivity contribution in [1.82, 2.24) is 5.32 Å². The molecular formula is C27H37Cl2NO2. The summed E-state index contributed by atoms with van der Waals surface area (Å²) in [6.45, 7) is 13.8. The summed E-state index contributed by atoms with van der Waals surface area (Å²) in [5, 5.41) is 4.52. The summed E-state index contributed by atoms with van der Waals surface area (Å²) in [6.07, 6.45) is 11.4. The number of halogens is 2. The predicted octanol–water partition coefficient (Wildman–Crippen LogP) is 7.76. The lowest BCUT2D eigenvalue weighted by Crippen LogP contribution is -2.51. The second-order valence-corrected chi connectivity index (χ2v) is 10.3. The van der Waals surface area contributed by atoms with E-state index in [-0.39, 0.29) is 11.9 Å². The van der Waals surface area contributed by atoms with E-state index in [1.165, 1.54) is 25.7 Å². The zero-order valence-corrected chi connectivity index (χ0v) is 21.5. The average Bonchev–Trinajstić information content (AvgIpc) is 3.23. The smallest absolute Gasteiger partial charge is 0.263 e. The summed E-state index contributed by atoms with van der Waals surface area (Å²) < 4.78 is 6.04. The van der Waals surface area contributed by atoms with E-state index in [0.29, 0.717) is 27.6 Å². The van der Waals surface area contributed by atoms with Crippen LogP contribution in [-0.2, 0) is 4.79 Å². The Hall–Kier alpha value is -1.71. The first-order chi connectivity index (χ1) is 15.0. The molecule has 1 aromatic rings. The molecule has 176 valence electrons. The van der Waals surface area contributed by atoms with Gasteiger partial charge in [0, 0.05) is 16.1 Å². The van der Waals surface area contributed by atoms with Crippen molar-refractivity contribution in [2.24, 2.45) is 11.8 Å². The number of allylic oxidation sites excluding steroid dienone is 5. The van der Waals surface area contributed by atoms with E-state index in [9.17, 15) is 4.79 Å². The number of hydrogen-bond donors (Lipinski definition) is 1. The third kappa shape index (κ3) is 8.01. The molecule has 1 amide bonds. The van der Waals surface area contributed by atoms with Crippen LogP contribution in [-0.4, -0.2) is 17.6 Å². The topological polar surface area (TPSA) is 38.3 Å². The van der Waals surface area contributed by atoms with Gasteiger partial charge in [0.2, 0.25) is 0 Å². The van der Waals surface area contributed by atoms with E-state index >= 15 is 0 Å². The highest BCUT2D eigenvalue weighted by Gasteiger charge is 2.35. The van der Waals surface area contributed by atoms with E-state index in [1.54, 1.807) is 19.9 Å². The molecule has 0 bridgehead atoms. The molecule has 1 saturated carbocycles. The molecule has 32 heavy (non-hydrogen) atoms. The van der Waals surface area contributed by atoms with Crippen LogP contribution < -0.4 is 10.1 Å². The molecule has 5 heteroatoms. The number of hydrogen-bond acceptors (Lipinski definition) is 2. The van der Waals surface area contributed by atoms with Crippen molar-refractivity contribution in [1.29, 1.82) is 0 Å². The molecule has 1 fully saturated rings. The Morgan fingerprint density at radius 2 is 1.94 bits per heavy atom. The summed E-state index contributed by atoms with van der Waals surface area (Å²) in [7, 11) is 0. The standard InChI is InChI=1S/C27H37Cl2NO2/c1-7-22(28)13-12-18(2)16-25(21-10-8-9-11-21)20(4)30-26(31)27(5,6)32-24-15-19(3)14-23(29)17-24/h7,12-15,17,20-21,25H,2,8-11,16H2,1,3-6H3,(H,30,31)/b13-12-,22-7+. The average molecular weight is 479 g/mol. The number of carbonyl (C=O) groups excluding carboxylic acids is 1. The molecule has 2 unspecified atom stereocenters. The summed E-state index contributed by atoms with van der Waals surface area (Å²) >= 11 is 12.2. The van der Waals surface area contributed by atoms with Gasteiger partial charge in [-0.25, -0.2) is 0 Å². The molecule has 0 spiro atoms. The van der Waals surface area contributed by atoms with Gasteiger partial charge in [0.15, 0.2) is 5.60 Å². The number of ether oxygens (including phenoxy) is 1. The van der Waals surface area contributed by atoms with Gasteiger partial charge in [-0.3, -0.25) is 4.79 Å². The predicted molar refractivity (Wildman–Crippen MR) is 136 cm³/mol. The summed E-state index contributed by atoms with van der Waals surface area (Å²) in [6, 6.07) is 5.48. The van der Waals surface area contributed by atoms with Gasteiger partial charge in [0.25, 0.3) is 5.91 Å². The van der Waals surface area contributed by atoms with Crippen LogP contribution in [0.5, 0.6) is 5.75 Å². The molecule has 0 aromatic heterocycles. The first-order valence-corrected chi connectivity index (χ1v) is 12.2. The van der Waals surface area contributed by atoms with Crippen molar-refractivity contribution < 1.29 is 9.53 Å². The molecule has 3 nitrogen and oxygen atoms in total. The minimum atomic E-state index is -1.03. The Kier molecular flexibility index (Phi) is 9.91. The van der Waals surface area contributed by atoms with Crippen molar-refractivity contribution in [3.8, 4) is 5.75 Å². The maximum atomic E-state index is 13.2. The van der Waals surface area contributed by atoms with Crippen LogP contribution in [0, 0.1) is 18.8 Å². The fourth-order valence-electron chi connectivity index (χ4n) is 4.39. The van der Waals surface area contributed by atoms with Gasteiger partial charge in [0.1, 0.15) is 5.75 Å². The Morgan fingerprint density at radius 3 is 2.53 bits per heavy atom. The van der Waals surface area contributed by atoms with Crippen LogP contribution in [0.3, 0.4) is 0 Å². The minimum Gasteiger partial charge on any atom is -0.478 e. The number of carbonyl (C=O) groups is 1. The molecular weight excluding hydrogens is 441 g/mol. The molecule has 1 aromatic carbocycles. The van der Waals surface area contributed by atoms with Crippen LogP contribution in [0.15, 0.2) is 53.6 Å². The van der Waals surface area contributed by atoms with Gasteiger partial charge in [-0.05, 0) is 82.7 Å². The lowest BCUT2D eigenvalue weighted by atomic mass is 9.80. The minimum absolute atomic E-state index is 0.00286. The van der Waals surface area contributed by atoms with Crippen molar-refractivity contribution in [3.05, 3.63) is 64.2 Å². The summed E-state index contributed by atoms with van der Waals surface area (Å²) in [5.41, 5.74) is 0.984. The third-order valence-corrected chi connectivity index (χ3v) is 6.76. The molecule has 0 heterocycles. The first kappa shape index (κ1) is 26.5. The molecule has 2 atom stereocenters. The molecule has 0 saturated heterocycles. The Labute approximate surface area is 203 Å². The van der Waals surface area contributed by atoms with Crippen molar-refractivity contribution in [2.45, 2.75) is 78.4 Å². The number of amides is 1. The van der Waals surface area contributed by atoms with Crippen molar-refractivity contribution in [3.63, 3.8) is 0 Å². The Morgan fingerprint density at radius 1 is 1.28 bits per heavy atom. The van der Waals surface area contributed by atoms with Gasteiger partial charge >= 0.3 is 0 Å². The largest absolute Gasteiger partial charge is 0.478 e. The van der Waals surface area contributed by atoms with Gasteiger partial charge < -0.3 is 10.1 Å². The second-order valence-electron chi connectivity index (χ2n) is 9.42. The number of rotatable bonds is 10. The zero-order chi connectivity index (χ0) is 23.9. The zero-order valence-electron chi connectivity index (χ0n) is 20.0. The van der Waals surface area contributed by atoms with Gasteiger partial charge in [0.05, 0.1) is 0 Å². The SMILES string of the molecule is C=C(/C=C\C(Cl)=C/C)CC(C1CCCC1)C(C)NC(=O)C(C)(C)Oc1cc(C)cc(Cl)c1. The number of aryl methyl sites for hydroxylation is 1. The van der Waals surface area contributed by atoms with Crippen LogP contribution in [0.4, 0.5) is 0 Å². The highest BCUT2D eigenvalue weighted by Crippen LogP contribution is 2.37. The van der Waals surface area contributed by atoms with Gasteiger partial charge in [-0.15, -0.1) is 0 Å². The maximum absolute atomic E-state index is 13.2. The summed E-state index contributed by atoms with van der Waals surface area (Å²) in [4.78, 5) is 13.2. The van der Waals surface area contributed by atoms with E-state index in [2.05, 4.69) is 18.8 Å². The fraction of sp³-hybridized carbons (Fsp3) is 0.519. The normalized spacial score (nSPS) is 17.4. The van der Waals surface area contributed by atoms with Crippen molar-refractivity contribution in [2.75, 3.05) is 0 Å². The van der Waals surface area contributed by atoms with Crippen LogP contribution in [0.2, 0.25) is 5.02 Å². The van der Waals surface area contributed by atoms with E-state index in [1.807, 2.05) is 44.2 Å². The first-order valence-electron chi connectivity index (χ1n) is 11.5. The molecule has 2 rings (SSSR count). The van der Waals surface area contributed by atoms with Crippen LogP contribution in [0.1, 0.15) is 65.4 Å². The second kappa shape index (κ2) is 12.0. The van der Waals surface area contributed by atoms with E-state index in [4.69, 9.17) is 27.9 Å².